The van der Waals surface area contributed by atoms with Crippen LogP contribution in [-0.2, 0) is 0 Å². The Balaban J connectivity index is 3.00. The van der Waals surface area contributed by atoms with Gasteiger partial charge in [-0.2, -0.15) is 0 Å². The lowest BCUT2D eigenvalue weighted by atomic mass is 10.2. The molecule has 0 spiro atoms. The van der Waals surface area contributed by atoms with E-state index in [1.807, 2.05) is 6.07 Å². The van der Waals surface area contributed by atoms with Crippen LogP contribution in [0.1, 0.15) is 11.1 Å². The molecule has 0 aliphatic carbocycles. The molecule has 0 saturated heterocycles. The highest BCUT2D eigenvalue weighted by atomic mass is 14.6. The molecule has 0 saturated carbocycles. The molecule has 0 aliphatic rings. The second kappa shape index (κ2) is 5.41. The van der Waals surface area contributed by atoms with Crippen LogP contribution in [0.4, 0.5) is 0 Å². The van der Waals surface area contributed by atoms with E-state index in [1.165, 1.54) is 0 Å². The Bertz CT molecular complexity index is 420. The number of hydrogen-bond acceptors (Lipinski definition) is 1. The first-order valence-corrected chi connectivity index (χ1v) is 4.06. The van der Waals surface area contributed by atoms with Gasteiger partial charge < -0.3 is 0 Å². The minimum atomic E-state index is 0.834. The lowest BCUT2D eigenvalue weighted by Gasteiger charge is -1.90. The third-order valence-electron chi connectivity index (χ3n) is 1.38. The Morgan fingerprint density at radius 1 is 1.00 bits per heavy atom. The Kier molecular flexibility index (Phi) is 3.80. The van der Waals surface area contributed by atoms with E-state index in [2.05, 4.69) is 41.8 Å². The smallest absolute Gasteiger partial charge is 0.0444 e. The van der Waals surface area contributed by atoms with Crippen molar-refractivity contribution in [1.29, 1.82) is 0 Å². The molecule has 0 aliphatic heterocycles. The van der Waals surface area contributed by atoms with E-state index >= 15 is 0 Å². The predicted molar refractivity (Wildman–Crippen MR) is 58.4 cm³/mol. The number of rotatable bonds is 0. The van der Waals surface area contributed by atoms with E-state index in [0.717, 1.165) is 11.1 Å². The summed E-state index contributed by atoms with van der Waals surface area (Å²) in [5.74, 6) is 11.3. The molecule has 66 valence electrons. The second-order valence-corrected chi connectivity index (χ2v) is 2.41. The van der Waals surface area contributed by atoms with Crippen LogP contribution in [0.5, 0.6) is 0 Å². The Morgan fingerprint density at radius 2 is 1.50 bits per heavy atom. The Hall–Kier alpha value is -2.25. The normalized spacial score (nSPS) is 7.43. The lowest BCUT2D eigenvalue weighted by molar-refractivity contribution is 1.30. The molecule has 1 rings (SSSR count). The van der Waals surface area contributed by atoms with E-state index in [9.17, 15) is 0 Å². The summed E-state index contributed by atoms with van der Waals surface area (Å²) in [4.78, 5) is 4.02. The van der Waals surface area contributed by atoms with Crippen LogP contribution in [0.3, 0.4) is 0 Å². The molecule has 0 N–H and O–H groups in total. The van der Waals surface area contributed by atoms with Crippen LogP contribution in [0, 0.1) is 23.7 Å². The first-order chi connectivity index (χ1) is 6.86. The monoisotopic (exact) mass is 179 g/mol. The van der Waals surface area contributed by atoms with Gasteiger partial charge >= 0.3 is 0 Å². The highest BCUT2D eigenvalue weighted by molar-refractivity contribution is 5.42. The molecular formula is C13H9N. The molecule has 1 aromatic heterocycles. The maximum absolute atomic E-state index is 4.02. The van der Waals surface area contributed by atoms with Gasteiger partial charge in [-0.15, -0.1) is 0 Å². The van der Waals surface area contributed by atoms with Crippen molar-refractivity contribution >= 4 is 0 Å². The minimum absolute atomic E-state index is 0.834. The summed E-state index contributed by atoms with van der Waals surface area (Å²) < 4.78 is 0. The quantitative estimate of drug-likeness (QED) is 0.556. The first-order valence-electron chi connectivity index (χ1n) is 4.06. The molecule has 0 aromatic carbocycles. The van der Waals surface area contributed by atoms with Gasteiger partial charge in [0.05, 0.1) is 0 Å². The number of pyridine rings is 1. The minimum Gasteiger partial charge on any atom is -0.262 e. The summed E-state index contributed by atoms with van der Waals surface area (Å²) in [5, 5.41) is 0. The topological polar surface area (TPSA) is 12.9 Å². The molecule has 0 amide bonds. The molecule has 1 nitrogen and oxygen atoms in total. The standard InChI is InChI=1S/C13H9N/c1-3-5-7-12-9-13(8-6-4-2)11-14-10-12/h3-4,9-11H,1-2H2. The van der Waals surface area contributed by atoms with Gasteiger partial charge in [0, 0.05) is 23.5 Å². The summed E-state index contributed by atoms with van der Waals surface area (Å²) in [5.41, 5.74) is 1.67. The van der Waals surface area contributed by atoms with Gasteiger partial charge in [-0.1, -0.05) is 36.8 Å². The van der Waals surface area contributed by atoms with Crippen LogP contribution < -0.4 is 0 Å². The van der Waals surface area contributed by atoms with Crippen molar-refractivity contribution in [2.45, 2.75) is 0 Å². The highest BCUT2D eigenvalue weighted by Crippen LogP contribution is 1.99. The van der Waals surface area contributed by atoms with E-state index in [4.69, 9.17) is 0 Å². The molecule has 14 heavy (non-hydrogen) atoms. The average Bonchev–Trinajstić information content (AvgIpc) is 2.24. The highest BCUT2D eigenvalue weighted by Gasteiger charge is 1.89. The first kappa shape index (κ1) is 9.84. The van der Waals surface area contributed by atoms with Gasteiger partial charge in [0.2, 0.25) is 0 Å². The molecule has 0 radical (unpaired) electrons. The van der Waals surface area contributed by atoms with Gasteiger partial charge in [-0.05, 0) is 18.2 Å². The molecule has 0 unspecified atom stereocenters. The number of aromatic nitrogens is 1. The summed E-state index contributed by atoms with van der Waals surface area (Å²) in [6.07, 6.45) is 6.47. The molecule has 0 bridgehead atoms. The van der Waals surface area contributed by atoms with Crippen LogP contribution in [0.2, 0.25) is 0 Å². The molecular weight excluding hydrogens is 170 g/mol. The van der Waals surface area contributed by atoms with E-state index in [1.54, 1.807) is 24.5 Å². The third-order valence-corrected chi connectivity index (χ3v) is 1.38. The molecule has 1 heteroatoms. The summed E-state index contributed by atoms with van der Waals surface area (Å²) >= 11 is 0. The summed E-state index contributed by atoms with van der Waals surface area (Å²) in [6.45, 7) is 7.03. The molecule has 0 fully saturated rings. The molecule has 0 atom stereocenters. The zero-order valence-electron chi connectivity index (χ0n) is 7.75. The SMILES string of the molecule is C=CC#Cc1cncc(C#CC=C)c1. The summed E-state index contributed by atoms with van der Waals surface area (Å²) in [6, 6.07) is 1.88. The van der Waals surface area contributed by atoms with Gasteiger partial charge in [0.1, 0.15) is 0 Å². The zero-order chi connectivity index (χ0) is 10.2. The van der Waals surface area contributed by atoms with Crippen molar-refractivity contribution in [1.82, 2.24) is 4.98 Å². The second-order valence-electron chi connectivity index (χ2n) is 2.41. The van der Waals surface area contributed by atoms with E-state index < -0.39 is 0 Å². The van der Waals surface area contributed by atoms with Gasteiger partial charge in [0.25, 0.3) is 0 Å². The predicted octanol–water partition coefficient (Wildman–Crippen LogP) is 2.16. The van der Waals surface area contributed by atoms with Crippen molar-refractivity contribution < 1.29 is 0 Å². The Morgan fingerprint density at radius 3 is 1.93 bits per heavy atom. The summed E-state index contributed by atoms with van der Waals surface area (Å²) in [7, 11) is 0. The van der Waals surface area contributed by atoms with Crippen LogP contribution >= 0.6 is 0 Å². The maximum atomic E-state index is 4.02. The van der Waals surface area contributed by atoms with Gasteiger partial charge in [0.15, 0.2) is 0 Å². The van der Waals surface area contributed by atoms with Crippen molar-refractivity contribution in [2.75, 3.05) is 0 Å². The average molecular weight is 179 g/mol. The fraction of sp³-hybridized carbons (Fsp3) is 0. The zero-order valence-corrected chi connectivity index (χ0v) is 7.75. The Labute approximate surface area is 84.2 Å². The maximum Gasteiger partial charge on any atom is 0.0444 e. The number of nitrogens with zero attached hydrogens (tertiary/aromatic N) is 1. The van der Waals surface area contributed by atoms with Crippen molar-refractivity contribution in [3.63, 3.8) is 0 Å². The largest absolute Gasteiger partial charge is 0.262 e. The van der Waals surface area contributed by atoms with Crippen molar-refractivity contribution in [2.24, 2.45) is 0 Å². The third kappa shape index (κ3) is 3.01. The van der Waals surface area contributed by atoms with E-state index in [-0.39, 0.29) is 0 Å². The molecule has 1 aromatic rings. The number of allylic oxidation sites excluding steroid dienone is 2. The lowest BCUT2D eigenvalue weighted by Crippen LogP contribution is -1.81. The van der Waals surface area contributed by atoms with Crippen LogP contribution in [0.15, 0.2) is 43.8 Å². The van der Waals surface area contributed by atoms with Gasteiger partial charge in [-0.25, -0.2) is 0 Å². The molecule has 1 heterocycles. The van der Waals surface area contributed by atoms with Crippen molar-refractivity contribution in [3.05, 3.63) is 54.9 Å². The fourth-order valence-electron chi connectivity index (χ4n) is 0.845. The van der Waals surface area contributed by atoms with E-state index in [0.29, 0.717) is 0 Å². The van der Waals surface area contributed by atoms with Crippen LogP contribution in [-0.4, -0.2) is 4.98 Å². The fourth-order valence-corrected chi connectivity index (χ4v) is 0.845. The number of hydrogen-bond donors (Lipinski definition) is 0. The van der Waals surface area contributed by atoms with Crippen LogP contribution in [0.25, 0.3) is 0 Å². The van der Waals surface area contributed by atoms with Crippen molar-refractivity contribution in [3.8, 4) is 23.7 Å². The van der Waals surface area contributed by atoms with Gasteiger partial charge in [-0.3, -0.25) is 4.98 Å².